The molecule has 13 heteroatoms. The summed E-state index contributed by atoms with van der Waals surface area (Å²) in [5, 5.41) is 10.6. The number of likely N-dealkylation sites (tertiary alicyclic amines) is 1. The largest absolute Gasteiger partial charge is 0.403 e. The summed E-state index contributed by atoms with van der Waals surface area (Å²) in [4.78, 5) is 25.7. The summed E-state index contributed by atoms with van der Waals surface area (Å²) in [5.74, 6) is -0.145. The van der Waals surface area contributed by atoms with Gasteiger partial charge in [-0.2, -0.15) is 4.98 Å². The number of carbonyl (C=O) groups is 1. The Morgan fingerprint density at radius 3 is 2.87 bits per heavy atom. The predicted octanol–water partition coefficient (Wildman–Crippen LogP) is 2.44. The van der Waals surface area contributed by atoms with Crippen LogP contribution in [-0.2, 0) is 4.79 Å². The van der Waals surface area contributed by atoms with Gasteiger partial charge in [0, 0.05) is 30.8 Å². The molecule has 1 aliphatic rings. The molecular formula is C18H23ClF2N8OS. The maximum atomic E-state index is 12.3. The Kier molecular flexibility index (Phi) is 9.19. The Morgan fingerprint density at radius 2 is 2.26 bits per heavy atom. The van der Waals surface area contributed by atoms with Crippen molar-refractivity contribution in [2.24, 2.45) is 10.7 Å². The molecule has 1 atom stereocenters. The lowest BCUT2D eigenvalue weighted by molar-refractivity contribution is -0.126. The molecule has 1 unspecified atom stereocenters. The lowest BCUT2D eigenvalue weighted by Gasteiger charge is -2.31. The van der Waals surface area contributed by atoms with E-state index in [0.717, 1.165) is 25.3 Å². The first-order chi connectivity index (χ1) is 14.7. The van der Waals surface area contributed by atoms with E-state index in [1.807, 2.05) is 0 Å². The fraction of sp³-hybridized carbons (Fsp3) is 0.389. The van der Waals surface area contributed by atoms with Gasteiger partial charge in [-0.3, -0.25) is 15.2 Å². The number of carbonyl (C=O) groups excluding carboxylic acids is 1. The van der Waals surface area contributed by atoms with E-state index < -0.39 is 13.0 Å². The van der Waals surface area contributed by atoms with Crippen molar-refractivity contribution in [3.63, 3.8) is 0 Å². The number of nitrogens with zero attached hydrogens (tertiary/aromatic N) is 4. The zero-order chi connectivity index (χ0) is 23.0. The summed E-state index contributed by atoms with van der Waals surface area (Å²) in [6.07, 6.45) is 2.57. The molecule has 1 aromatic heterocycles. The molecule has 1 fully saturated rings. The molecule has 168 valence electrons. The number of nitrogen functional groups attached to an aromatic ring is 1. The van der Waals surface area contributed by atoms with E-state index in [-0.39, 0.29) is 39.4 Å². The fourth-order valence-corrected chi connectivity index (χ4v) is 4.36. The quantitative estimate of drug-likeness (QED) is 0.245. The van der Waals surface area contributed by atoms with E-state index in [2.05, 4.69) is 26.9 Å². The number of hydrogen-bond donors (Lipinski definition) is 4. The number of nitrogens with two attached hydrogens (primary N) is 2. The van der Waals surface area contributed by atoms with Crippen molar-refractivity contribution in [2.45, 2.75) is 29.5 Å². The number of anilines is 2. The number of halogens is 3. The molecule has 1 amide bonds. The Labute approximate surface area is 187 Å². The Balaban J connectivity index is 2.26. The minimum atomic E-state index is -2.58. The molecule has 2 heterocycles. The number of amides is 1. The van der Waals surface area contributed by atoms with E-state index in [1.54, 1.807) is 4.90 Å². The van der Waals surface area contributed by atoms with Crippen LogP contribution in [0.25, 0.3) is 0 Å². The van der Waals surface area contributed by atoms with Crippen molar-refractivity contribution in [1.29, 1.82) is 5.41 Å². The van der Waals surface area contributed by atoms with E-state index in [1.165, 1.54) is 17.8 Å². The number of alkyl halides is 2. The molecule has 2 rings (SSSR count). The van der Waals surface area contributed by atoms with Crippen LogP contribution in [0.5, 0.6) is 0 Å². The molecule has 0 saturated carbocycles. The van der Waals surface area contributed by atoms with E-state index in [0.29, 0.717) is 18.1 Å². The summed E-state index contributed by atoms with van der Waals surface area (Å²) < 4.78 is 24.5. The van der Waals surface area contributed by atoms with E-state index in [9.17, 15) is 13.6 Å². The lowest BCUT2D eigenvalue weighted by Crippen LogP contribution is -2.40. The number of piperidine rings is 1. The Hall–Kier alpha value is -2.73. The first-order valence-electron chi connectivity index (χ1n) is 9.22. The average molecular weight is 473 g/mol. The monoisotopic (exact) mass is 472 g/mol. The van der Waals surface area contributed by atoms with Crippen LogP contribution in [0.3, 0.4) is 0 Å². The number of hydrogen-bond acceptors (Lipinski definition) is 9. The number of rotatable bonds is 9. The standard InChI is InChI=1S/C18H23ClF2N8OS/c1-2-13(30)29-5-3-4-11(9-29)31-17-14(15(19)23)16(24)27-18(28-17)26-10(6-22)7-25-8-12(20)21/h2,6-7,11-12,23H,1,3-5,8-9,22H2,(H3,24,26,27,28). The van der Waals surface area contributed by atoms with Crippen LogP contribution in [0.15, 0.2) is 34.6 Å². The van der Waals surface area contributed by atoms with Gasteiger partial charge < -0.3 is 21.7 Å². The molecule has 9 nitrogen and oxygen atoms in total. The molecule has 0 bridgehead atoms. The van der Waals surface area contributed by atoms with Gasteiger partial charge >= 0.3 is 0 Å². The highest BCUT2D eigenvalue weighted by Gasteiger charge is 2.26. The Bertz CT molecular complexity index is 896. The molecule has 1 saturated heterocycles. The first-order valence-corrected chi connectivity index (χ1v) is 10.5. The molecule has 6 N–H and O–H groups in total. The van der Waals surface area contributed by atoms with Gasteiger partial charge in [0.15, 0.2) is 0 Å². The second-order valence-corrected chi connectivity index (χ2v) is 8.10. The van der Waals surface area contributed by atoms with Crippen LogP contribution in [0.1, 0.15) is 18.4 Å². The highest BCUT2D eigenvalue weighted by atomic mass is 35.5. The zero-order valence-corrected chi connectivity index (χ0v) is 18.1. The summed E-state index contributed by atoms with van der Waals surface area (Å²) in [7, 11) is 0. The molecule has 0 spiro atoms. The van der Waals surface area contributed by atoms with Gasteiger partial charge in [0.1, 0.15) is 16.0 Å². The third-order valence-corrected chi connectivity index (χ3v) is 5.60. The van der Waals surface area contributed by atoms with Gasteiger partial charge in [-0.15, -0.1) is 11.8 Å². The minimum absolute atomic E-state index is 0.00769. The molecule has 1 aliphatic heterocycles. The number of nitrogens with one attached hydrogen (secondary N) is 2. The van der Waals surface area contributed by atoms with Gasteiger partial charge in [-0.05, 0) is 18.9 Å². The van der Waals surface area contributed by atoms with Gasteiger partial charge in [0.2, 0.25) is 11.9 Å². The van der Waals surface area contributed by atoms with Gasteiger partial charge in [0.25, 0.3) is 6.43 Å². The number of aliphatic imine (C=N–C) groups is 1. The highest BCUT2D eigenvalue weighted by molar-refractivity contribution is 8.00. The van der Waals surface area contributed by atoms with Crippen LogP contribution in [0, 0.1) is 5.41 Å². The maximum Gasteiger partial charge on any atom is 0.257 e. The lowest BCUT2D eigenvalue weighted by atomic mass is 10.1. The van der Waals surface area contributed by atoms with Crippen LogP contribution in [0.4, 0.5) is 20.5 Å². The van der Waals surface area contributed by atoms with E-state index >= 15 is 0 Å². The number of thioether (sulfide) groups is 1. The van der Waals surface area contributed by atoms with Gasteiger partial charge in [-0.1, -0.05) is 18.2 Å². The molecule has 1 aromatic rings. The summed E-state index contributed by atoms with van der Waals surface area (Å²) in [6, 6.07) is 0. The van der Waals surface area contributed by atoms with Crippen molar-refractivity contribution >= 4 is 52.4 Å². The fourth-order valence-electron chi connectivity index (χ4n) is 2.80. The number of allylic oxidation sites excluding steroid dienone is 1. The van der Waals surface area contributed by atoms with Crippen LogP contribution in [-0.4, -0.2) is 63.5 Å². The van der Waals surface area contributed by atoms with Crippen molar-refractivity contribution in [3.05, 3.63) is 30.1 Å². The smallest absolute Gasteiger partial charge is 0.257 e. The van der Waals surface area contributed by atoms with Crippen molar-refractivity contribution < 1.29 is 13.6 Å². The zero-order valence-electron chi connectivity index (χ0n) is 16.5. The SMILES string of the molecule is C=CC(=O)N1CCCC(Sc2nc(NC(C=NCC(F)F)=CN)nc(N)c2C(=N)Cl)C1. The van der Waals surface area contributed by atoms with Gasteiger partial charge in [-0.25, -0.2) is 13.8 Å². The van der Waals surface area contributed by atoms with E-state index in [4.69, 9.17) is 28.5 Å². The van der Waals surface area contributed by atoms with Crippen LogP contribution < -0.4 is 16.8 Å². The minimum Gasteiger partial charge on any atom is -0.403 e. The van der Waals surface area contributed by atoms with Crippen molar-refractivity contribution in [3.8, 4) is 0 Å². The summed E-state index contributed by atoms with van der Waals surface area (Å²) in [6.45, 7) is 3.96. The van der Waals surface area contributed by atoms with Crippen molar-refractivity contribution in [2.75, 3.05) is 30.7 Å². The molecule has 0 radical (unpaired) electrons. The summed E-state index contributed by atoms with van der Waals surface area (Å²) in [5.41, 5.74) is 11.9. The second-order valence-electron chi connectivity index (χ2n) is 6.43. The second kappa shape index (κ2) is 11.6. The first kappa shape index (κ1) is 24.5. The maximum absolute atomic E-state index is 12.3. The predicted molar refractivity (Wildman–Crippen MR) is 120 cm³/mol. The normalized spacial score (nSPS) is 17.2. The third-order valence-electron chi connectivity index (χ3n) is 4.18. The highest BCUT2D eigenvalue weighted by Crippen LogP contribution is 2.34. The molecular weight excluding hydrogens is 450 g/mol. The number of aromatic nitrogens is 2. The van der Waals surface area contributed by atoms with Crippen LogP contribution >= 0.6 is 23.4 Å². The average Bonchev–Trinajstić information content (AvgIpc) is 2.71. The third kappa shape index (κ3) is 7.17. The van der Waals surface area contributed by atoms with Gasteiger partial charge in [0.05, 0.1) is 17.8 Å². The van der Waals surface area contributed by atoms with Crippen LogP contribution in [0.2, 0.25) is 0 Å². The summed E-state index contributed by atoms with van der Waals surface area (Å²) >= 11 is 7.23. The molecule has 0 aromatic carbocycles. The molecule has 0 aliphatic carbocycles. The molecule has 31 heavy (non-hydrogen) atoms. The topological polar surface area (TPSA) is 146 Å². The Morgan fingerprint density at radius 1 is 1.52 bits per heavy atom. The van der Waals surface area contributed by atoms with Crippen molar-refractivity contribution in [1.82, 2.24) is 14.9 Å².